The van der Waals surface area contributed by atoms with Crippen LogP contribution in [0.25, 0.3) is 0 Å². The van der Waals surface area contributed by atoms with Gasteiger partial charge in [-0.25, -0.2) is 0 Å². The fourth-order valence-corrected chi connectivity index (χ4v) is 1.33. The zero-order valence-electron chi connectivity index (χ0n) is 9.14. The van der Waals surface area contributed by atoms with E-state index in [2.05, 4.69) is 11.8 Å². The van der Waals surface area contributed by atoms with Gasteiger partial charge in [0.15, 0.2) is 0 Å². The molecule has 0 fully saturated rings. The van der Waals surface area contributed by atoms with Crippen LogP contribution in [-0.4, -0.2) is 5.11 Å². The number of phenols is 1. The first-order chi connectivity index (χ1) is 8.15. The van der Waals surface area contributed by atoms with Crippen molar-refractivity contribution in [3.05, 3.63) is 53.6 Å². The van der Waals surface area contributed by atoms with Gasteiger partial charge in [0.25, 0.3) is 0 Å². The number of nitrogens with two attached hydrogens (primary N) is 2. The average molecular weight is 224 g/mol. The lowest BCUT2D eigenvalue weighted by atomic mass is 10.1. The van der Waals surface area contributed by atoms with Gasteiger partial charge in [0.05, 0.1) is 5.69 Å². The Morgan fingerprint density at radius 3 is 2.06 bits per heavy atom. The Labute approximate surface area is 99.7 Å². The summed E-state index contributed by atoms with van der Waals surface area (Å²) in [4.78, 5) is 0. The molecule has 2 rings (SSSR count). The van der Waals surface area contributed by atoms with Crippen LogP contribution in [0.1, 0.15) is 11.1 Å². The summed E-state index contributed by atoms with van der Waals surface area (Å²) in [7, 11) is 0. The Hall–Kier alpha value is -2.60. The van der Waals surface area contributed by atoms with E-state index in [1.807, 2.05) is 12.1 Å². The van der Waals surface area contributed by atoms with Gasteiger partial charge in [-0.15, -0.1) is 0 Å². The van der Waals surface area contributed by atoms with Crippen molar-refractivity contribution in [3.63, 3.8) is 0 Å². The SMILES string of the molecule is Nc1ccc(C#Cc2ccc(N)c(O)c2)cc1. The van der Waals surface area contributed by atoms with Crippen LogP contribution in [0.3, 0.4) is 0 Å². The van der Waals surface area contributed by atoms with Crippen LogP contribution in [0.4, 0.5) is 11.4 Å². The van der Waals surface area contributed by atoms with Crippen LogP contribution in [0.15, 0.2) is 42.5 Å². The van der Waals surface area contributed by atoms with E-state index in [4.69, 9.17) is 11.5 Å². The smallest absolute Gasteiger partial charge is 0.139 e. The maximum absolute atomic E-state index is 9.42. The van der Waals surface area contributed by atoms with Crippen molar-refractivity contribution in [2.24, 2.45) is 0 Å². The molecule has 0 heterocycles. The van der Waals surface area contributed by atoms with E-state index in [1.165, 1.54) is 0 Å². The maximum Gasteiger partial charge on any atom is 0.139 e. The predicted molar refractivity (Wildman–Crippen MR) is 69.4 cm³/mol. The Balaban J connectivity index is 2.26. The predicted octanol–water partition coefficient (Wildman–Crippen LogP) is 1.96. The van der Waals surface area contributed by atoms with Crippen LogP contribution in [-0.2, 0) is 0 Å². The summed E-state index contributed by atoms with van der Waals surface area (Å²) < 4.78 is 0. The van der Waals surface area contributed by atoms with Crippen molar-refractivity contribution in [1.29, 1.82) is 0 Å². The highest BCUT2D eigenvalue weighted by Crippen LogP contribution is 2.19. The first-order valence-corrected chi connectivity index (χ1v) is 5.11. The van der Waals surface area contributed by atoms with Gasteiger partial charge in [-0.1, -0.05) is 11.8 Å². The van der Waals surface area contributed by atoms with E-state index in [9.17, 15) is 5.11 Å². The minimum absolute atomic E-state index is 0.0501. The molecule has 2 aromatic carbocycles. The summed E-state index contributed by atoms with van der Waals surface area (Å²) in [5.74, 6) is 5.97. The lowest BCUT2D eigenvalue weighted by Crippen LogP contribution is -1.86. The number of aromatic hydroxyl groups is 1. The number of hydrogen-bond acceptors (Lipinski definition) is 3. The Bertz CT molecular complexity index is 592. The molecule has 2 aromatic rings. The topological polar surface area (TPSA) is 72.3 Å². The number of rotatable bonds is 0. The van der Waals surface area contributed by atoms with Crippen molar-refractivity contribution in [3.8, 4) is 17.6 Å². The molecule has 0 saturated carbocycles. The highest BCUT2D eigenvalue weighted by atomic mass is 16.3. The van der Waals surface area contributed by atoms with Crippen LogP contribution >= 0.6 is 0 Å². The molecule has 0 amide bonds. The molecular weight excluding hydrogens is 212 g/mol. The van der Waals surface area contributed by atoms with Gasteiger partial charge >= 0.3 is 0 Å². The van der Waals surface area contributed by atoms with E-state index >= 15 is 0 Å². The number of benzene rings is 2. The molecule has 0 radical (unpaired) electrons. The molecule has 0 saturated heterocycles. The number of hydrogen-bond donors (Lipinski definition) is 3. The molecule has 0 atom stereocenters. The van der Waals surface area contributed by atoms with Crippen molar-refractivity contribution in [1.82, 2.24) is 0 Å². The van der Waals surface area contributed by atoms with Gasteiger partial charge < -0.3 is 16.6 Å². The van der Waals surface area contributed by atoms with Crippen LogP contribution in [0.2, 0.25) is 0 Å². The monoisotopic (exact) mass is 224 g/mol. The second kappa shape index (κ2) is 4.50. The van der Waals surface area contributed by atoms with Crippen molar-refractivity contribution < 1.29 is 5.11 Å². The highest BCUT2D eigenvalue weighted by molar-refractivity contribution is 5.57. The summed E-state index contributed by atoms with van der Waals surface area (Å²) in [6.45, 7) is 0. The number of anilines is 2. The van der Waals surface area contributed by atoms with Crippen LogP contribution in [0, 0.1) is 11.8 Å². The molecule has 0 aliphatic rings. The van der Waals surface area contributed by atoms with Gasteiger partial charge in [0.2, 0.25) is 0 Å². The number of nitrogen functional groups attached to an aromatic ring is 2. The van der Waals surface area contributed by atoms with E-state index in [0.717, 1.165) is 5.56 Å². The normalized spacial score (nSPS) is 9.41. The van der Waals surface area contributed by atoms with Gasteiger partial charge in [0.1, 0.15) is 5.75 Å². The first kappa shape index (κ1) is 10.9. The Morgan fingerprint density at radius 2 is 1.41 bits per heavy atom. The lowest BCUT2D eigenvalue weighted by Gasteiger charge is -1.97. The maximum atomic E-state index is 9.42. The molecule has 3 heteroatoms. The molecule has 5 N–H and O–H groups in total. The van der Waals surface area contributed by atoms with Gasteiger partial charge in [-0.3, -0.25) is 0 Å². The minimum atomic E-state index is 0.0501. The third-order valence-electron chi connectivity index (χ3n) is 2.29. The fraction of sp³-hybridized carbons (Fsp3) is 0. The Morgan fingerprint density at radius 1 is 0.824 bits per heavy atom. The highest BCUT2D eigenvalue weighted by Gasteiger charge is 1.95. The zero-order valence-corrected chi connectivity index (χ0v) is 9.14. The van der Waals surface area contributed by atoms with Crippen LogP contribution in [0.5, 0.6) is 5.75 Å². The number of phenolic OH excluding ortho intramolecular Hbond substituents is 1. The van der Waals surface area contributed by atoms with E-state index < -0.39 is 0 Å². The summed E-state index contributed by atoms with van der Waals surface area (Å²) >= 11 is 0. The van der Waals surface area contributed by atoms with E-state index in [1.54, 1.807) is 30.3 Å². The zero-order chi connectivity index (χ0) is 12.3. The molecule has 17 heavy (non-hydrogen) atoms. The van der Waals surface area contributed by atoms with Gasteiger partial charge in [-0.05, 0) is 42.5 Å². The summed E-state index contributed by atoms with van der Waals surface area (Å²) in [6, 6.07) is 12.2. The fourth-order valence-electron chi connectivity index (χ4n) is 1.33. The van der Waals surface area contributed by atoms with E-state index in [0.29, 0.717) is 16.9 Å². The molecule has 0 unspecified atom stereocenters. The average Bonchev–Trinajstić information content (AvgIpc) is 2.33. The van der Waals surface area contributed by atoms with E-state index in [-0.39, 0.29) is 5.75 Å². The molecule has 0 spiro atoms. The molecule has 0 aromatic heterocycles. The standard InChI is InChI=1S/C14H12N2O/c15-12-6-3-10(4-7-12)1-2-11-5-8-13(16)14(17)9-11/h3-9,17H,15-16H2. The second-order valence-electron chi connectivity index (χ2n) is 3.65. The molecule has 0 aliphatic carbocycles. The molecule has 0 bridgehead atoms. The molecular formula is C14H12N2O. The third kappa shape index (κ3) is 2.70. The van der Waals surface area contributed by atoms with Gasteiger partial charge in [-0.2, -0.15) is 0 Å². The van der Waals surface area contributed by atoms with Crippen molar-refractivity contribution in [2.75, 3.05) is 11.5 Å². The third-order valence-corrected chi connectivity index (χ3v) is 2.29. The molecule has 84 valence electrons. The second-order valence-corrected chi connectivity index (χ2v) is 3.65. The molecule has 0 aliphatic heterocycles. The minimum Gasteiger partial charge on any atom is -0.506 e. The quantitative estimate of drug-likeness (QED) is 0.364. The summed E-state index contributed by atoms with van der Waals surface area (Å²) in [5, 5.41) is 9.42. The first-order valence-electron chi connectivity index (χ1n) is 5.11. The lowest BCUT2D eigenvalue weighted by molar-refractivity contribution is 0.478. The van der Waals surface area contributed by atoms with Crippen molar-refractivity contribution >= 4 is 11.4 Å². The summed E-state index contributed by atoms with van der Waals surface area (Å²) in [5.41, 5.74) is 13.7. The molecule has 3 nitrogen and oxygen atoms in total. The Kier molecular flexibility index (Phi) is 2.89. The van der Waals surface area contributed by atoms with Crippen molar-refractivity contribution in [2.45, 2.75) is 0 Å². The summed E-state index contributed by atoms with van der Waals surface area (Å²) in [6.07, 6.45) is 0. The van der Waals surface area contributed by atoms with Gasteiger partial charge in [0, 0.05) is 16.8 Å². The largest absolute Gasteiger partial charge is 0.506 e. The van der Waals surface area contributed by atoms with Crippen LogP contribution < -0.4 is 11.5 Å².